The van der Waals surface area contributed by atoms with Crippen LogP contribution < -0.4 is 0 Å². The fourth-order valence-electron chi connectivity index (χ4n) is 6.61. The van der Waals surface area contributed by atoms with Crippen LogP contribution in [-0.2, 0) is 0 Å². The Morgan fingerprint density at radius 2 is 1.02 bits per heavy atom. The predicted molar refractivity (Wildman–Crippen MR) is 192 cm³/mol. The molecule has 0 saturated heterocycles. The lowest BCUT2D eigenvalue weighted by Crippen LogP contribution is -1.89. The zero-order valence-electron chi connectivity index (χ0n) is 24.3. The lowest BCUT2D eigenvalue weighted by atomic mass is 9.91. The molecule has 0 N–H and O–H groups in total. The highest BCUT2D eigenvalue weighted by Gasteiger charge is 2.20. The predicted octanol–water partition coefficient (Wildman–Crippen LogP) is 11.8. The van der Waals surface area contributed by atoms with Crippen LogP contribution in [0.15, 0.2) is 158 Å². The number of hydrogen-bond acceptors (Lipinski definition) is 3. The van der Waals surface area contributed by atoms with Crippen molar-refractivity contribution in [2.75, 3.05) is 0 Å². The highest BCUT2D eigenvalue weighted by molar-refractivity contribution is 7.27. The van der Waals surface area contributed by atoms with E-state index in [0.717, 1.165) is 21.8 Å². The second-order valence-electron chi connectivity index (χ2n) is 11.4. The third-order valence-corrected chi connectivity index (χ3v) is 10.0. The van der Waals surface area contributed by atoms with E-state index in [9.17, 15) is 0 Å². The van der Waals surface area contributed by atoms with Gasteiger partial charge in [-0.1, -0.05) is 109 Å². The molecular formula is C42H26N2S. The van der Waals surface area contributed by atoms with E-state index in [0.29, 0.717) is 0 Å². The maximum absolute atomic E-state index is 4.84. The SMILES string of the molecule is c1ccc(-c2cc(-c3ccccc3)c3sc4c(-c5cccc6cnc7cccnc7c56)cc(-c5ccccc5)cc4c3c2)cc1. The van der Waals surface area contributed by atoms with Gasteiger partial charge in [-0.2, -0.15) is 0 Å². The summed E-state index contributed by atoms with van der Waals surface area (Å²) in [6.07, 6.45) is 3.85. The Morgan fingerprint density at radius 1 is 0.422 bits per heavy atom. The third-order valence-electron chi connectivity index (χ3n) is 8.72. The summed E-state index contributed by atoms with van der Waals surface area (Å²) < 4.78 is 2.58. The maximum Gasteiger partial charge on any atom is 0.0971 e. The zero-order valence-corrected chi connectivity index (χ0v) is 25.1. The molecule has 2 nitrogen and oxygen atoms in total. The molecule has 0 spiro atoms. The van der Waals surface area contributed by atoms with Crippen molar-refractivity contribution in [3.8, 4) is 44.5 Å². The van der Waals surface area contributed by atoms with Gasteiger partial charge in [0.2, 0.25) is 0 Å². The first-order chi connectivity index (χ1) is 22.3. The molecule has 6 aromatic carbocycles. The van der Waals surface area contributed by atoms with Crippen molar-refractivity contribution in [1.82, 2.24) is 9.97 Å². The van der Waals surface area contributed by atoms with Crippen LogP contribution in [0.25, 0.3) is 86.5 Å². The van der Waals surface area contributed by atoms with Crippen molar-refractivity contribution in [2.24, 2.45) is 0 Å². The van der Waals surface area contributed by atoms with E-state index in [2.05, 4.69) is 133 Å². The molecule has 0 aliphatic rings. The van der Waals surface area contributed by atoms with E-state index < -0.39 is 0 Å². The van der Waals surface area contributed by atoms with Gasteiger partial charge in [0.05, 0.1) is 11.0 Å². The average molecular weight is 591 g/mol. The first-order valence-electron chi connectivity index (χ1n) is 15.2. The van der Waals surface area contributed by atoms with Crippen LogP contribution in [0.2, 0.25) is 0 Å². The van der Waals surface area contributed by atoms with Crippen LogP contribution in [-0.4, -0.2) is 9.97 Å². The van der Waals surface area contributed by atoms with E-state index in [1.807, 2.05) is 35.9 Å². The smallest absolute Gasteiger partial charge is 0.0971 e. The molecule has 210 valence electrons. The minimum Gasteiger partial charge on any atom is -0.254 e. The maximum atomic E-state index is 4.84. The van der Waals surface area contributed by atoms with Crippen LogP contribution in [0.4, 0.5) is 0 Å². The Hall–Kier alpha value is -5.64. The van der Waals surface area contributed by atoms with Gasteiger partial charge in [-0.15, -0.1) is 11.3 Å². The minimum absolute atomic E-state index is 0.906. The fourth-order valence-corrected chi connectivity index (χ4v) is 7.93. The molecule has 0 saturated carbocycles. The minimum atomic E-state index is 0.906. The summed E-state index contributed by atoms with van der Waals surface area (Å²) in [6.45, 7) is 0. The first kappa shape index (κ1) is 25.8. The molecular weight excluding hydrogens is 565 g/mol. The number of nitrogens with zero attached hydrogens (tertiary/aromatic N) is 2. The van der Waals surface area contributed by atoms with Gasteiger partial charge in [0.15, 0.2) is 0 Å². The van der Waals surface area contributed by atoms with E-state index in [1.54, 1.807) is 0 Å². The Labute approximate surface area is 264 Å². The van der Waals surface area contributed by atoms with Crippen molar-refractivity contribution in [3.05, 3.63) is 158 Å². The van der Waals surface area contributed by atoms with Gasteiger partial charge in [0, 0.05) is 54.5 Å². The summed E-state index contributed by atoms with van der Waals surface area (Å²) in [4.78, 5) is 9.57. The topological polar surface area (TPSA) is 25.8 Å². The second kappa shape index (κ2) is 10.5. The van der Waals surface area contributed by atoms with Gasteiger partial charge < -0.3 is 0 Å². The molecule has 0 radical (unpaired) electrons. The molecule has 9 aromatic rings. The van der Waals surface area contributed by atoms with Crippen LogP contribution in [0.3, 0.4) is 0 Å². The second-order valence-corrected chi connectivity index (χ2v) is 12.4. The molecule has 0 unspecified atom stereocenters. The molecule has 3 aromatic heterocycles. The molecule has 0 amide bonds. The molecule has 3 heterocycles. The summed E-state index contributed by atoms with van der Waals surface area (Å²) in [6, 6.07) is 52.3. The number of pyridine rings is 2. The fraction of sp³-hybridized carbons (Fsp3) is 0. The van der Waals surface area contributed by atoms with Crippen molar-refractivity contribution < 1.29 is 0 Å². The third kappa shape index (κ3) is 4.32. The standard InChI is InChI=1S/C42H26N2S/c1-4-12-27(13-5-1)31-22-34(29-16-8-3-9-17-29)41-36(24-31)37-25-32(28-14-6-2-7-15-28)23-35(42(37)45-41)33-19-10-18-30-26-44-38-20-11-21-43-40(38)39(30)33/h1-26H. The largest absolute Gasteiger partial charge is 0.254 e. The van der Waals surface area contributed by atoms with Gasteiger partial charge in [0.1, 0.15) is 0 Å². The van der Waals surface area contributed by atoms with Gasteiger partial charge >= 0.3 is 0 Å². The van der Waals surface area contributed by atoms with E-state index in [-0.39, 0.29) is 0 Å². The number of hydrogen-bond donors (Lipinski definition) is 0. The normalized spacial score (nSPS) is 11.6. The molecule has 0 atom stereocenters. The summed E-state index contributed by atoms with van der Waals surface area (Å²) in [5.74, 6) is 0. The van der Waals surface area contributed by atoms with Crippen LogP contribution in [0, 0.1) is 0 Å². The lowest BCUT2D eigenvalue weighted by Gasteiger charge is -2.13. The first-order valence-corrected chi connectivity index (χ1v) is 16.0. The molecule has 9 rings (SSSR count). The van der Waals surface area contributed by atoms with E-state index in [1.165, 1.54) is 64.7 Å². The van der Waals surface area contributed by atoms with Crippen molar-refractivity contribution in [1.29, 1.82) is 0 Å². The van der Waals surface area contributed by atoms with Gasteiger partial charge in [-0.3, -0.25) is 9.97 Å². The molecule has 3 heteroatoms. The molecule has 0 fully saturated rings. The van der Waals surface area contributed by atoms with Crippen molar-refractivity contribution in [3.63, 3.8) is 0 Å². The number of aromatic nitrogens is 2. The molecule has 0 bridgehead atoms. The number of fused-ring (bicyclic) bond motifs is 6. The van der Waals surface area contributed by atoms with Crippen LogP contribution in [0.1, 0.15) is 0 Å². The lowest BCUT2D eigenvalue weighted by molar-refractivity contribution is 1.36. The summed E-state index contributed by atoms with van der Waals surface area (Å²) in [5, 5.41) is 4.78. The molecule has 0 aliphatic carbocycles. The molecule has 45 heavy (non-hydrogen) atoms. The Balaban J connectivity index is 1.44. The quantitative estimate of drug-likeness (QED) is 0.191. The van der Waals surface area contributed by atoms with Gasteiger partial charge in [0.25, 0.3) is 0 Å². The Morgan fingerprint density at radius 3 is 1.69 bits per heavy atom. The van der Waals surface area contributed by atoms with Gasteiger partial charge in [-0.05, 0) is 69.8 Å². The highest BCUT2D eigenvalue weighted by Crippen LogP contribution is 2.48. The van der Waals surface area contributed by atoms with E-state index >= 15 is 0 Å². The van der Waals surface area contributed by atoms with E-state index in [4.69, 9.17) is 9.97 Å². The highest BCUT2D eigenvalue weighted by atomic mass is 32.1. The Kier molecular flexibility index (Phi) is 6.03. The number of rotatable bonds is 4. The monoisotopic (exact) mass is 590 g/mol. The summed E-state index contributed by atoms with van der Waals surface area (Å²) in [7, 11) is 0. The summed E-state index contributed by atoms with van der Waals surface area (Å²) in [5.41, 5.74) is 11.6. The van der Waals surface area contributed by atoms with Crippen molar-refractivity contribution in [2.45, 2.75) is 0 Å². The summed E-state index contributed by atoms with van der Waals surface area (Å²) >= 11 is 1.89. The van der Waals surface area contributed by atoms with Gasteiger partial charge in [-0.25, -0.2) is 0 Å². The Bertz CT molecular complexity index is 2520. The number of thiophene rings is 1. The zero-order chi connectivity index (χ0) is 29.7. The molecule has 0 aliphatic heterocycles. The van der Waals surface area contributed by atoms with Crippen molar-refractivity contribution >= 4 is 53.3 Å². The average Bonchev–Trinajstić information content (AvgIpc) is 3.50. The van der Waals surface area contributed by atoms with Crippen LogP contribution >= 0.6 is 11.3 Å². The van der Waals surface area contributed by atoms with Crippen LogP contribution in [0.5, 0.6) is 0 Å². The number of benzene rings is 6.